The van der Waals surface area contributed by atoms with Crippen molar-refractivity contribution in [1.82, 2.24) is 10.0 Å². The fourth-order valence-electron chi connectivity index (χ4n) is 4.14. The van der Waals surface area contributed by atoms with Crippen LogP contribution in [0.25, 0.3) is 0 Å². The SMILES string of the molecule is O=C(OCc1ccccc1)N1C2CC(CO)C(C2)N1C(=O)OCc1ccccc1. The molecule has 3 atom stereocenters. The highest BCUT2D eigenvalue weighted by Gasteiger charge is 2.55. The lowest BCUT2D eigenvalue weighted by molar-refractivity contribution is -0.0635. The lowest BCUT2D eigenvalue weighted by Crippen LogP contribution is -2.56. The molecule has 1 saturated heterocycles. The van der Waals surface area contributed by atoms with Crippen molar-refractivity contribution in [2.45, 2.75) is 38.1 Å². The van der Waals surface area contributed by atoms with Crippen LogP contribution in [0.3, 0.4) is 0 Å². The van der Waals surface area contributed by atoms with Gasteiger partial charge in [-0.25, -0.2) is 19.6 Å². The number of rotatable bonds is 5. The van der Waals surface area contributed by atoms with Gasteiger partial charge in [-0.2, -0.15) is 0 Å². The molecule has 2 aromatic carbocycles. The van der Waals surface area contributed by atoms with Gasteiger partial charge in [0.2, 0.25) is 0 Å². The molecule has 0 radical (unpaired) electrons. The minimum absolute atomic E-state index is 0.0312. The number of fused-ring (bicyclic) bond motifs is 2. The predicted octanol–water partition coefficient (Wildman–Crippen LogP) is 3.33. The van der Waals surface area contributed by atoms with Crippen molar-refractivity contribution in [3.05, 3.63) is 71.8 Å². The standard InChI is InChI=1S/C22H24N2O5/c25-13-18-11-19-12-20(18)24(22(27)29-15-17-9-5-2-6-10-17)23(19)21(26)28-14-16-7-3-1-4-8-16/h1-10,18-20,25H,11-15H2. The monoisotopic (exact) mass is 396 g/mol. The summed E-state index contributed by atoms with van der Waals surface area (Å²) < 4.78 is 10.9. The van der Waals surface area contributed by atoms with E-state index < -0.39 is 12.2 Å². The summed E-state index contributed by atoms with van der Waals surface area (Å²) in [4.78, 5) is 25.6. The molecule has 7 heteroatoms. The van der Waals surface area contributed by atoms with E-state index in [0.29, 0.717) is 12.8 Å². The number of ether oxygens (including phenoxy) is 2. The second-order valence-corrected chi connectivity index (χ2v) is 7.40. The minimum atomic E-state index is -0.601. The first kappa shape index (κ1) is 19.3. The zero-order valence-electron chi connectivity index (χ0n) is 16.0. The molecule has 29 heavy (non-hydrogen) atoms. The first-order valence-corrected chi connectivity index (χ1v) is 9.78. The van der Waals surface area contributed by atoms with E-state index in [0.717, 1.165) is 11.1 Å². The molecule has 2 fully saturated rings. The van der Waals surface area contributed by atoms with E-state index in [-0.39, 0.29) is 37.8 Å². The van der Waals surface area contributed by atoms with E-state index in [2.05, 4.69) is 0 Å². The summed E-state index contributed by atoms with van der Waals surface area (Å²) in [5.74, 6) is -0.0672. The summed E-state index contributed by atoms with van der Waals surface area (Å²) >= 11 is 0. The number of aliphatic hydroxyl groups is 1. The van der Waals surface area contributed by atoms with Gasteiger partial charge in [0.25, 0.3) is 0 Å². The number of benzene rings is 2. The Bertz CT molecular complexity index is 845. The van der Waals surface area contributed by atoms with Crippen molar-refractivity contribution in [2.75, 3.05) is 6.61 Å². The number of nitrogens with zero attached hydrogens (tertiary/aromatic N) is 2. The lowest BCUT2D eigenvalue weighted by Gasteiger charge is -2.39. The number of carbonyl (C=O) groups is 2. The third kappa shape index (κ3) is 4.05. The van der Waals surface area contributed by atoms with Crippen LogP contribution in [0.5, 0.6) is 0 Å². The molecule has 1 heterocycles. The summed E-state index contributed by atoms with van der Waals surface area (Å²) in [6.45, 7) is 0.213. The lowest BCUT2D eigenvalue weighted by atomic mass is 10.0. The zero-order valence-corrected chi connectivity index (χ0v) is 16.0. The van der Waals surface area contributed by atoms with Crippen LogP contribution in [-0.2, 0) is 22.7 Å². The molecule has 2 aromatic rings. The smallest absolute Gasteiger partial charge is 0.429 e. The van der Waals surface area contributed by atoms with Gasteiger partial charge in [0.15, 0.2) is 0 Å². The summed E-state index contributed by atoms with van der Waals surface area (Å²) in [5, 5.41) is 12.4. The fourth-order valence-corrected chi connectivity index (χ4v) is 4.14. The van der Waals surface area contributed by atoms with Gasteiger partial charge in [-0.3, -0.25) is 0 Å². The quantitative estimate of drug-likeness (QED) is 0.839. The first-order chi connectivity index (χ1) is 14.2. The third-order valence-corrected chi connectivity index (χ3v) is 5.54. The Labute approximate surface area is 169 Å². The van der Waals surface area contributed by atoms with E-state index in [1.807, 2.05) is 60.7 Å². The maximum Gasteiger partial charge on any atom is 0.429 e. The first-order valence-electron chi connectivity index (χ1n) is 9.78. The van der Waals surface area contributed by atoms with Gasteiger partial charge in [0.05, 0.1) is 12.1 Å². The molecule has 7 nitrogen and oxygen atoms in total. The summed E-state index contributed by atoms with van der Waals surface area (Å²) in [6.07, 6.45) is 0.0847. The molecule has 1 aliphatic carbocycles. The largest absolute Gasteiger partial charge is 0.443 e. The second-order valence-electron chi connectivity index (χ2n) is 7.40. The minimum Gasteiger partial charge on any atom is -0.443 e. The number of hydrazine groups is 1. The number of carbonyl (C=O) groups excluding carboxylic acids is 2. The van der Waals surface area contributed by atoms with Gasteiger partial charge in [-0.05, 0) is 24.0 Å². The van der Waals surface area contributed by atoms with Gasteiger partial charge < -0.3 is 14.6 Å². The van der Waals surface area contributed by atoms with E-state index in [1.54, 1.807) is 0 Å². The van der Waals surface area contributed by atoms with Crippen LogP contribution < -0.4 is 0 Å². The Balaban J connectivity index is 1.44. The predicted molar refractivity (Wildman–Crippen MR) is 104 cm³/mol. The average Bonchev–Trinajstić information content (AvgIpc) is 3.36. The van der Waals surface area contributed by atoms with Crippen molar-refractivity contribution < 1.29 is 24.2 Å². The zero-order chi connectivity index (χ0) is 20.2. The number of aliphatic hydroxyl groups excluding tert-OH is 1. The highest BCUT2D eigenvalue weighted by molar-refractivity contribution is 5.76. The van der Waals surface area contributed by atoms with Crippen molar-refractivity contribution >= 4 is 12.2 Å². The molecule has 2 bridgehead atoms. The van der Waals surface area contributed by atoms with Crippen LogP contribution in [0.4, 0.5) is 9.59 Å². The molecule has 0 spiro atoms. The van der Waals surface area contributed by atoms with Crippen molar-refractivity contribution in [3.63, 3.8) is 0 Å². The normalized spacial score (nSPS) is 22.6. The highest BCUT2D eigenvalue weighted by atomic mass is 16.6. The Kier molecular flexibility index (Phi) is 5.67. The molecule has 1 N–H and O–H groups in total. The Morgan fingerprint density at radius 1 is 0.828 bits per heavy atom. The van der Waals surface area contributed by atoms with Crippen molar-refractivity contribution in [2.24, 2.45) is 5.92 Å². The van der Waals surface area contributed by atoms with Crippen LogP contribution in [0.15, 0.2) is 60.7 Å². The maximum absolute atomic E-state index is 12.8. The third-order valence-electron chi connectivity index (χ3n) is 5.54. The van der Waals surface area contributed by atoms with Crippen molar-refractivity contribution in [1.29, 1.82) is 0 Å². The highest BCUT2D eigenvalue weighted by Crippen LogP contribution is 2.42. The van der Waals surface area contributed by atoms with Gasteiger partial charge in [-0.15, -0.1) is 0 Å². The molecule has 2 aliphatic rings. The average molecular weight is 396 g/mol. The van der Waals surface area contributed by atoms with Crippen LogP contribution in [0, 0.1) is 5.92 Å². The number of hydrogen-bond donors (Lipinski definition) is 1. The molecule has 1 aliphatic heterocycles. The summed E-state index contributed by atoms with van der Waals surface area (Å²) in [5.41, 5.74) is 1.73. The van der Waals surface area contributed by atoms with Gasteiger partial charge in [0, 0.05) is 12.5 Å². The molecule has 3 unspecified atom stereocenters. The Hall–Kier alpha value is -3.06. The van der Waals surface area contributed by atoms with Crippen LogP contribution in [-0.4, -0.2) is 46.0 Å². The maximum atomic E-state index is 12.8. The summed E-state index contributed by atoms with van der Waals surface area (Å²) in [6, 6.07) is 18.3. The van der Waals surface area contributed by atoms with Gasteiger partial charge in [-0.1, -0.05) is 60.7 Å². The van der Waals surface area contributed by atoms with Gasteiger partial charge in [0.1, 0.15) is 13.2 Å². The molecule has 2 amide bonds. The Morgan fingerprint density at radius 3 is 1.86 bits per heavy atom. The molecular formula is C22H24N2O5. The van der Waals surface area contributed by atoms with Crippen LogP contribution in [0.1, 0.15) is 24.0 Å². The van der Waals surface area contributed by atoms with E-state index in [1.165, 1.54) is 10.0 Å². The van der Waals surface area contributed by atoms with E-state index in [4.69, 9.17) is 9.47 Å². The molecule has 1 saturated carbocycles. The van der Waals surface area contributed by atoms with Crippen LogP contribution >= 0.6 is 0 Å². The molecule has 0 aromatic heterocycles. The van der Waals surface area contributed by atoms with Gasteiger partial charge >= 0.3 is 12.2 Å². The molecule has 4 rings (SSSR count). The topological polar surface area (TPSA) is 79.3 Å². The number of amides is 2. The molecular weight excluding hydrogens is 372 g/mol. The summed E-state index contributed by atoms with van der Waals surface area (Å²) in [7, 11) is 0. The fraction of sp³-hybridized carbons (Fsp3) is 0.364. The van der Waals surface area contributed by atoms with Crippen LogP contribution in [0.2, 0.25) is 0 Å². The van der Waals surface area contributed by atoms with E-state index in [9.17, 15) is 14.7 Å². The van der Waals surface area contributed by atoms with Crippen molar-refractivity contribution in [3.8, 4) is 0 Å². The second kappa shape index (κ2) is 8.53. The Morgan fingerprint density at radius 2 is 1.34 bits per heavy atom. The van der Waals surface area contributed by atoms with E-state index >= 15 is 0 Å². The number of hydrogen-bond acceptors (Lipinski definition) is 5. The molecule has 152 valence electrons.